The molecule has 0 saturated carbocycles. The highest BCUT2D eigenvalue weighted by atomic mass is 35.5. The summed E-state index contributed by atoms with van der Waals surface area (Å²) in [6.45, 7) is 4.16. The lowest BCUT2D eigenvalue weighted by Gasteiger charge is -2.13. The highest BCUT2D eigenvalue weighted by Gasteiger charge is 2.19. The van der Waals surface area contributed by atoms with Crippen molar-refractivity contribution in [1.82, 2.24) is 39.9 Å². The van der Waals surface area contributed by atoms with Crippen LogP contribution in [0.3, 0.4) is 0 Å². The Kier molecular flexibility index (Phi) is 29.0. The van der Waals surface area contributed by atoms with E-state index in [1.165, 1.54) is 118 Å². The number of aromatic carboxylic acids is 1. The summed E-state index contributed by atoms with van der Waals surface area (Å²) in [6, 6.07) is 43.2. The number of nitrogens with zero attached hydrogens (tertiary/aromatic N) is 8. The zero-order valence-electron chi connectivity index (χ0n) is 54.0. The van der Waals surface area contributed by atoms with Gasteiger partial charge in [-0.2, -0.15) is 15.0 Å². The van der Waals surface area contributed by atoms with Gasteiger partial charge in [0.25, 0.3) is 23.6 Å². The van der Waals surface area contributed by atoms with Crippen molar-refractivity contribution in [3.63, 3.8) is 0 Å². The van der Waals surface area contributed by atoms with E-state index in [1.54, 1.807) is 91.0 Å². The smallest absolute Gasteiger partial charge is 0.341 e. The predicted octanol–water partition coefficient (Wildman–Crippen LogP) is 12.2. The predicted molar refractivity (Wildman–Crippen MR) is 384 cm³/mol. The molecule has 0 spiro atoms. The number of carbonyl (C=O) groups excluding carboxylic acids is 7. The number of primary amides is 4. The second kappa shape index (κ2) is 38.0. The molecule has 0 bridgehead atoms. The van der Waals surface area contributed by atoms with Crippen LogP contribution in [-0.2, 0) is 0 Å². The number of carboxylic acids is 1. The average molecular weight is 1460 g/mol. The Morgan fingerprint density at radius 2 is 0.670 bits per heavy atom. The third-order valence-corrected chi connectivity index (χ3v) is 13.7. The SMILES string of the molecule is CC(=O)c1cnc(Cl)nc1Cl.CC(=O)c1cnc(Cl)nc1Nc1ccccc1C(N)=O.CC(=O)c1cnc(Nc2ccc(F)cc2)nc1Nc1ccccc1C(N)=O.NC(=O)c1ccccc1N.NC(=O)c1ccccc1Nc1nc(Nc2ccc(F)cc2)ncc1C(=O)O.Nc1ccc(F)cc1. The van der Waals surface area contributed by atoms with Crippen molar-refractivity contribution in [3.05, 3.63) is 272 Å². The number of ketones is 3. The molecule has 526 valence electrons. The van der Waals surface area contributed by atoms with Gasteiger partial charge in [-0.3, -0.25) is 33.6 Å². The van der Waals surface area contributed by atoms with Crippen LogP contribution in [0, 0.1) is 17.5 Å². The van der Waals surface area contributed by atoms with Gasteiger partial charge in [-0.05, 0) is 165 Å². The van der Waals surface area contributed by atoms with Crippen molar-refractivity contribution in [2.75, 3.05) is 38.1 Å². The molecule has 7 aromatic carbocycles. The second-order valence-corrected chi connectivity index (χ2v) is 21.5. The number of hydrogen-bond acceptors (Lipinski definition) is 23. The first-order valence-corrected chi connectivity index (χ1v) is 30.5. The van der Waals surface area contributed by atoms with E-state index in [1.807, 2.05) is 0 Å². The topological polar surface area (TPSA) is 476 Å². The number of anilines is 12. The summed E-state index contributed by atoms with van der Waals surface area (Å²) in [6.07, 6.45) is 5.12. The third-order valence-electron chi connectivity index (χ3n) is 13.1. The number of hydrogen-bond donors (Lipinski definition) is 12. The number of carbonyl (C=O) groups is 8. The van der Waals surface area contributed by atoms with Gasteiger partial charge < -0.3 is 66.1 Å². The fraction of sp³-hybridized carbons (Fsp3) is 0.0435. The van der Waals surface area contributed by atoms with E-state index in [0.29, 0.717) is 45.4 Å². The Balaban J connectivity index is 0.000000205. The minimum absolute atomic E-state index is 0.00550. The molecular weight excluding hydrogens is 1400 g/mol. The Labute approximate surface area is 598 Å². The Hall–Kier alpha value is -13.5. The molecular formula is C69H59Cl3F3N19O9. The molecule has 28 nitrogen and oxygen atoms in total. The fourth-order valence-electron chi connectivity index (χ4n) is 8.09. The van der Waals surface area contributed by atoms with Gasteiger partial charge in [0.1, 0.15) is 39.8 Å². The van der Waals surface area contributed by atoms with Gasteiger partial charge in [0.2, 0.25) is 22.5 Å². The van der Waals surface area contributed by atoms with Crippen LogP contribution in [0.15, 0.2) is 195 Å². The molecule has 4 aromatic heterocycles. The molecule has 18 N–H and O–H groups in total. The molecule has 11 rings (SSSR count). The summed E-state index contributed by atoms with van der Waals surface area (Å²) in [4.78, 5) is 122. The molecule has 0 atom stereocenters. The first kappa shape index (κ1) is 78.5. The number of nitrogens with one attached hydrogen (secondary N) is 5. The molecule has 4 amide bonds. The number of aromatic nitrogens is 8. The van der Waals surface area contributed by atoms with Gasteiger partial charge in [0, 0.05) is 47.5 Å². The van der Waals surface area contributed by atoms with E-state index in [9.17, 15) is 56.6 Å². The van der Waals surface area contributed by atoms with Gasteiger partial charge >= 0.3 is 5.97 Å². The van der Waals surface area contributed by atoms with Gasteiger partial charge in [-0.1, -0.05) is 60.1 Å². The van der Waals surface area contributed by atoms with Crippen LogP contribution in [0.1, 0.15) is 104 Å². The van der Waals surface area contributed by atoms with Crippen LogP contribution in [0.25, 0.3) is 0 Å². The maximum absolute atomic E-state index is 13.0. The Morgan fingerprint density at radius 3 is 1.01 bits per heavy atom. The van der Waals surface area contributed by atoms with E-state index in [2.05, 4.69) is 66.5 Å². The van der Waals surface area contributed by atoms with Crippen molar-refractivity contribution < 1.29 is 56.6 Å². The molecule has 0 aliphatic heterocycles. The summed E-state index contributed by atoms with van der Waals surface area (Å²) >= 11 is 16.7. The first-order valence-electron chi connectivity index (χ1n) is 29.4. The lowest BCUT2D eigenvalue weighted by atomic mass is 10.1. The number of carboxylic acid groups (broad SMARTS) is 1. The number of para-hydroxylation sites is 4. The van der Waals surface area contributed by atoms with Crippen molar-refractivity contribution in [3.8, 4) is 0 Å². The van der Waals surface area contributed by atoms with Gasteiger partial charge in [-0.25, -0.2) is 42.9 Å². The van der Waals surface area contributed by atoms with Gasteiger partial charge in [0.05, 0.1) is 56.0 Å². The molecule has 0 fully saturated rings. The fourth-order valence-corrected chi connectivity index (χ4v) is 8.66. The summed E-state index contributed by atoms with van der Waals surface area (Å²) in [5.74, 6) is -4.55. The number of amides is 4. The molecule has 0 aliphatic rings. The largest absolute Gasteiger partial charge is 0.477 e. The summed E-state index contributed by atoms with van der Waals surface area (Å²) < 4.78 is 38.1. The van der Waals surface area contributed by atoms with Crippen LogP contribution in [0.5, 0.6) is 0 Å². The van der Waals surface area contributed by atoms with Crippen molar-refractivity contribution in [2.45, 2.75) is 20.8 Å². The van der Waals surface area contributed by atoms with E-state index in [-0.39, 0.29) is 113 Å². The van der Waals surface area contributed by atoms with Crippen LogP contribution in [0.4, 0.5) is 82.3 Å². The highest BCUT2D eigenvalue weighted by molar-refractivity contribution is 6.34. The maximum Gasteiger partial charge on any atom is 0.341 e. The number of nitrogen functional groups attached to an aromatic ring is 2. The van der Waals surface area contributed by atoms with Crippen LogP contribution >= 0.6 is 34.8 Å². The second-order valence-electron chi connectivity index (χ2n) is 20.5. The van der Waals surface area contributed by atoms with E-state index in [4.69, 9.17) is 69.2 Å². The maximum atomic E-state index is 13.0. The van der Waals surface area contributed by atoms with Crippen molar-refractivity contribution >= 4 is 151 Å². The Bertz CT molecular complexity index is 4710. The standard InChI is InChI=1S/C19H16FN5O2.C18H14FN5O3.C13H11ClN4O2.C7H8N2O.C6H4Cl2N2O.C6H6FN/c1-11(26)15-10-22-19(23-13-8-6-12(20)7-9-13)25-18(15)24-16-5-3-2-4-14(16)17(21)27;19-10-5-7-11(8-6-10)22-18-21-9-13(17(26)27)16(24-18)23-14-4-2-1-3-12(14)15(20)25;1-7(19)9-6-16-13(14)18-12(9)17-10-5-3-2-4-8(10)11(15)20;8-6-4-2-1-3-5(6)7(9)10;1-3(11)4-2-9-6(8)10-5(4)7;7-5-1-3-6(8)4-2-5/h2-10H,1H3,(H2,21,27)(H2,22,23,24,25);1-9H,(H2,20,25)(H,26,27)(H2,21,22,23,24);2-6H,1H3,(H2,15,20)(H,16,17,18);1-4H,8H2,(H2,9,10);2H,1H3;1-4H,8H2. The van der Waals surface area contributed by atoms with E-state index in [0.717, 1.165) is 6.20 Å². The average Bonchev–Trinajstić information content (AvgIpc) is 0.830. The van der Waals surface area contributed by atoms with Crippen LogP contribution < -0.4 is 61.0 Å². The molecule has 0 unspecified atom stereocenters. The molecule has 34 heteroatoms. The zero-order valence-corrected chi connectivity index (χ0v) is 56.3. The number of nitrogens with two attached hydrogens (primary N) is 6. The summed E-state index contributed by atoms with van der Waals surface area (Å²) in [7, 11) is 0. The van der Waals surface area contributed by atoms with Crippen LogP contribution in [0.2, 0.25) is 15.7 Å². The van der Waals surface area contributed by atoms with E-state index >= 15 is 0 Å². The summed E-state index contributed by atoms with van der Waals surface area (Å²) in [5, 5.41) is 23.9. The normalized spacial score (nSPS) is 9.99. The number of rotatable bonds is 18. The van der Waals surface area contributed by atoms with Crippen LogP contribution in [-0.4, -0.2) is 91.9 Å². The summed E-state index contributed by atoms with van der Waals surface area (Å²) in [5.41, 5.74) is 36.7. The minimum Gasteiger partial charge on any atom is -0.477 e. The third kappa shape index (κ3) is 24.5. The highest BCUT2D eigenvalue weighted by Crippen LogP contribution is 2.28. The molecule has 0 aliphatic carbocycles. The molecule has 11 aromatic rings. The number of benzene rings is 7. The lowest BCUT2D eigenvalue weighted by molar-refractivity contribution is 0.0695. The van der Waals surface area contributed by atoms with Gasteiger partial charge in [-0.15, -0.1) is 0 Å². The quantitative estimate of drug-likeness (QED) is 0.0164. The van der Waals surface area contributed by atoms with Crippen molar-refractivity contribution in [2.24, 2.45) is 22.9 Å². The van der Waals surface area contributed by atoms with E-state index < -0.39 is 35.4 Å². The number of halogens is 6. The molecule has 4 heterocycles. The molecule has 103 heavy (non-hydrogen) atoms. The molecule has 0 saturated heterocycles. The van der Waals surface area contributed by atoms with Gasteiger partial charge in [0.15, 0.2) is 23.2 Å². The molecule has 0 radical (unpaired) electrons. The lowest BCUT2D eigenvalue weighted by Crippen LogP contribution is -2.14. The zero-order chi connectivity index (χ0) is 75.4. The Morgan fingerprint density at radius 1 is 0.359 bits per heavy atom. The van der Waals surface area contributed by atoms with Crippen molar-refractivity contribution in [1.29, 1.82) is 0 Å². The number of Topliss-reactive ketones (excluding diaryl/α,β-unsaturated/α-hetero) is 3. The minimum atomic E-state index is -1.25. The first-order chi connectivity index (χ1) is 49.0. The monoisotopic (exact) mass is 1460 g/mol.